The number of carbonyl (C=O) groups excluding carboxylic acids is 2. The molecular weight excluding hydrogens is 502 g/mol. The zero-order valence-corrected chi connectivity index (χ0v) is 22.3. The van der Waals surface area contributed by atoms with Crippen molar-refractivity contribution < 1.29 is 9.59 Å². The fourth-order valence-electron chi connectivity index (χ4n) is 4.66. The van der Waals surface area contributed by atoms with Crippen LogP contribution >= 0.6 is 22.9 Å². The molecule has 2 heterocycles. The fraction of sp³-hybridized carbons (Fsp3) is 0.133. The molecule has 7 heteroatoms. The number of anilines is 3. The number of halogens is 1. The zero-order chi connectivity index (χ0) is 26.3. The van der Waals surface area contributed by atoms with Crippen LogP contribution in [0.5, 0.6) is 0 Å². The Morgan fingerprint density at radius 2 is 1.62 bits per heavy atom. The van der Waals surface area contributed by atoms with E-state index in [9.17, 15) is 9.59 Å². The SMILES string of the molecule is CC1=C(C(=O)Nc2ccccc2C)[C@H](c2ccccc2Cl)c2c(sc(C(=O)c3ccc(C)cc3)c2N)N1. The van der Waals surface area contributed by atoms with Crippen LogP contribution in [-0.4, -0.2) is 11.7 Å². The minimum atomic E-state index is -0.551. The molecule has 0 unspecified atom stereocenters. The predicted octanol–water partition coefficient (Wildman–Crippen LogP) is 7.30. The summed E-state index contributed by atoms with van der Waals surface area (Å²) in [5, 5.41) is 7.66. The molecule has 0 saturated carbocycles. The summed E-state index contributed by atoms with van der Waals surface area (Å²) in [7, 11) is 0. The highest BCUT2D eigenvalue weighted by Crippen LogP contribution is 2.51. The number of nitrogen functional groups attached to an aromatic ring is 1. The molecule has 37 heavy (non-hydrogen) atoms. The van der Waals surface area contributed by atoms with Gasteiger partial charge in [0.2, 0.25) is 5.78 Å². The molecule has 5 rings (SSSR count). The lowest BCUT2D eigenvalue weighted by molar-refractivity contribution is -0.113. The molecule has 1 amide bonds. The molecule has 0 bridgehead atoms. The predicted molar refractivity (Wildman–Crippen MR) is 153 cm³/mol. The van der Waals surface area contributed by atoms with Crippen molar-refractivity contribution in [1.29, 1.82) is 0 Å². The highest BCUT2D eigenvalue weighted by Gasteiger charge is 2.38. The maximum absolute atomic E-state index is 13.8. The number of benzene rings is 3. The number of carbonyl (C=O) groups is 2. The van der Waals surface area contributed by atoms with Crippen molar-refractivity contribution in [3.8, 4) is 0 Å². The molecule has 186 valence electrons. The van der Waals surface area contributed by atoms with Gasteiger partial charge in [-0.2, -0.15) is 0 Å². The Labute approximate surface area is 225 Å². The van der Waals surface area contributed by atoms with Gasteiger partial charge in [-0.15, -0.1) is 11.3 Å². The van der Waals surface area contributed by atoms with Crippen molar-refractivity contribution in [2.45, 2.75) is 26.7 Å². The maximum Gasteiger partial charge on any atom is 0.254 e. The van der Waals surface area contributed by atoms with Gasteiger partial charge in [0.25, 0.3) is 5.91 Å². The van der Waals surface area contributed by atoms with E-state index in [1.165, 1.54) is 11.3 Å². The third-order valence-electron chi connectivity index (χ3n) is 6.64. The van der Waals surface area contributed by atoms with Gasteiger partial charge >= 0.3 is 0 Å². The highest BCUT2D eigenvalue weighted by atomic mass is 35.5. The first-order chi connectivity index (χ1) is 17.8. The monoisotopic (exact) mass is 527 g/mol. The van der Waals surface area contributed by atoms with Crippen molar-refractivity contribution in [3.05, 3.63) is 122 Å². The highest BCUT2D eigenvalue weighted by molar-refractivity contribution is 7.19. The van der Waals surface area contributed by atoms with Gasteiger partial charge in [-0.05, 0) is 44.0 Å². The van der Waals surface area contributed by atoms with Gasteiger partial charge in [0.1, 0.15) is 4.88 Å². The molecule has 4 N–H and O–H groups in total. The average molecular weight is 528 g/mol. The number of amides is 1. The maximum atomic E-state index is 13.8. The number of para-hydroxylation sites is 1. The van der Waals surface area contributed by atoms with Gasteiger partial charge in [0.05, 0.1) is 10.7 Å². The standard InChI is InChI=1S/C30H26ClN3O2S/c1-16-12-14-19(15-13-16)27(35)28-26(32)25-24(20-9-5-6-10-21(20)31)23(18(3)33-30(25)37-28)29(36)34-22-11-7-4-8-17(22)2/h4-15,24,33H,32H2,1-3H3,(H,34,36)/t24-/m0/s1. The van der Waals surface area contributed by atoms with Crippen molar-refractivity contribution in [3.63, 3.8) is 0 Å². The Morgan fingerprint density at radius 1 is 0.946 bits per heavy atom. The Morgan fingerprint density at radius 3 is 2.32 bits per heavy atom. The summed E-state index contributed by atoms with van der Waals surface area (Å²) >= 11 is 7.98. The van der Waals surface area contributed by atoms with Gasteiger partial charge in [-0.1, -0.05) is 77.8 Å². The number of fused-ring (bicyclic) bond motifs is 1. The lowest BCUT2D eigenvalue weighted by Crippen LogP contribution is -2.27. The van der Waals surface area contributed by atoms with Crippen LogP contribution in [0.4, 0.5) is 16.4 Å². The molecule has 1 atom stereocenters. The number of thiophene rings is 1. The van der Waals surface area contributed by atoms with Crippen LogP contribution in [0.1, 0.15) is 50.3 Å². The molecule has 1 aromatic heterocycles. The smallest absolute Gasteiger partial charge is 0.254 e. The summed E-state index contributed by atoms with van der Waals surface area (Å²) < 4.78 is 0. The summed E-state index contributed by atoms with van der Waals surface area (Å²) in [6.07, 6.45) is 0. The van der Waals surface area contributed by atoms with E-state index in [1.807, 2.05) is 75.4 Å². The second-order valence-electron chi connectivity index (χ2n) is 9.17. The largest absolute Gasteiger partial charge is 0.397 e. The molecule has 0 aliphatic carbocycles. The molecule has 1 aliphatic rings. The number of nitrogens with one attached hydrogen (secondary N) is 2. The quantitative estimate of drug-likeness (QED) is 0.238. The van der Waals surface area contributed by atoms with Crippen LogP contribution in [0.15, 0.2) is 84.1 Å². The summed E-state index contributed by atoms with van der Waals surface area (Å²) in [5.41, 5.74) is 13.0. The average Bonchev–Trinajstić information content (AvgIpc) is 3.20. The van der Waals surface area contributed by atoms with Crippen molar-refractivity contribution in [2.24, 2.45) is 0 Å². The van der Waals surface area contributed by atoms with Crippen LogP contribution in [0.25, 0.3) is 0 Å². The Balaban J connectivity index is 1.64. The van der Waals surface area contributed by atoms with E-state index in [0.29, 0.717) is 38.0 Å². The number of nitrogens with two attached hydrogens (primary N) is 1. The van der Waals surface area contributed by atoms with Gasteiger partial charge in [0, 0.05) is 39.0 Å². The summed E-state index contributed by atoms with van der Waals surface area (Å²) in [5.74, 6) is -0.961. The second kappa shape index (κ2) is 9.88. The molecule has 0 spiro atoms. The van der Waals surface area contributed by atoms with Crippen molar-refractivity contribution in [1.82, 2.24) is 0 Å². The number of ketones is 1. The molecule has 5 nitrogen and oxygen atoms in total. The number of hydrogen-bond acceptors (Lipinski definition) is 5. The van der Waals surface area contributed by atoms with Crippen LogP contribution in [0.2, 0.25) is 5.02 Å². The Kier molecular flexibility index (Phi) is 6.63. The molecule has 0 saturated heterocycles. The lowest BCUT2D eigenvalue weighted by Gasteiger charge is -2.29. The van der Waals surface area contributed by atoms with Gasteiger partial charge in [-0.3, -0.25) is 9.59 Å². The summed E-state index contributed by atoms with van der Waals surface area (Å²) in [6, 6.07) is 22.5. The number of aryl methyl sites for hydroxylation is 2. The van der Waals surface area contributed by atoms with Crippen LogP contribution < -0.4 is 16.4 Å². The van der Waals surface area contributed by atoms with E-state index in [2.05, 4.69) is 10.6 Å². The minimum absolute atomic E-state index is 0.153. The van der Waals surface area contributed by atoms with Crippen LogP contribution in [0, 0.1) is 13.8 Å². The zero-order valence-electron chi connectivity index (χ0n) is 20.7. The third kappa shape index (κ3) is 4.54. The summed E-state index contributed by atoms with van der Waals surface area (Å²) in [6.45, 7) is 5.78. The lowest BCUT2D eigenvalue weighted by atomic mass is 9.81. The van der Waals surface area contributed by atoms with E-state index in [4.69, 9.17) is 17.3 Å². The molecule has 0 fully saturated rings. The molecule has 3 aromatic carbocycles. The first kappa shape index (κ1) is 24.8. The van der Waals surface area contributed by atoms with Crippen LogP contribution in [-0.2, 0) is 4.79 Å². The van der Waals surface area contributed by atoms with E-state index in [1.54, 1.807) is 18.2 Å². The van der Waals surface area contributed by atoms with E-state index in [0.717, 1.165) is 27.4 Å². The number of hydrogen-bond donors (Lipinski definition) is 3. The number of rotatable bonds is 5. The van der Waals surface area contributed by atoms with E-state index >= 15 is 0 Å². The van der Waals surface area contributed by atoms with E-state index in [-0.39, 0.29) is 11.7 Å². The number of allylic oxidation sites excluding steroid dienone is 1. The van der Waals surface area contributed by atoms with Gasteiger partial charge in [0.15, 0.2) is 0 Å². The van der Waals surface area contributed by atoms with Crippen molar-refractivity contribution in [2.75, 3.05) is 16.4 Å². The van der Waals surface area contributed by atoms with Gasteiger partial charge < -0.3 is 16.4 Å². The minimum Gasteiger partial charge on any atom is -0.397 e. The van der Waals surface area contributed by atoms with Crippen LogP contribution in [0.3, 0.4) is 0 Å². The Bertz CT molecular complexity index is 1570. The first-order valence-electron chi connectivity index (χ1n) is 11.9. The normalized spacial score (nSPS) is 14.6. The second-order valence-corrected chi connectivity index (χ2v) is 10.6. The topological polar surface area (TPSA) is 84.2 Å². The molecule has 0 radical (unpaired) electrons. The van der Waals surface area contributed by atoms with Gasteiger partial charge in [-0.25, -0.2) is 0 Å². The molecular formula is C30H26ClN3O2S. The van der Waals surface area contributed by atoms with Crippen molar-refractivity contribution >= 4 is 51.0 Å². The Hall–Kier alpha value is -3.87. The molecule has 1 aliphatic heterocycles. The first-order valence-corrected chi connectivity index (χ1v) is 13.1. The fourth-order valence-corrected chi connectivity index (χ4v) is 6.08. The third-order valence-corrected chi connectivity index (χ3v) is 8.12. The molecule has 4 aromatic rings. The van der Waals surface area contributed by atoms with E-state index < -0.39 is 5.92 Å². The summed E-state index contributed by atoms with van der Waals surface area (Å²) in [4.78, 5) is 27.7.